The molecule has 1 aromatic heterocycles. The first-order valence-electron chi connectivity index (χ1n) is 11.0. The fourth-order valence-corrected chi connectivity index (χ4v) is 3.49. The fourth-order valence-electron chi connectivity index (χ4n) is 3.49. The number of nitrogens with zero attached hydrogens (tertiary/aromatic N) is 1. The number of hydrogen-bond acceptors (Lipinski definition) is 2. The quantitative estimate of drug-likeness (QED) is 0.438. The predicted molar refractivity (Wildman–Crippen MR) is 123 cm³/mol. The number of aryl methyl sites for hydroxylation is 2. The van der Waals surface area contributed by atoms with Crippen LogP contribution in [0.25, 0.3) is 0 Å². The number of carbonyl (C=O) groups excluding carboxylic acids is 1. The van der Waals surface area contributed by atoms with E-state index in [9.17, 15) is 4.79 Å². The molecule has 0 aliphatic rings. The van der Waals surface area contributed by atoms with Gasteiger partial charge in [0.25, 0.3) is 5.91 Å². The topological polar surface area (TPSA) is 57.8 Å². The van der Waals surface area contributed by atoms with E-state index >= 15 is 0 Å². The van der Waals surface area contributed by atoms with Gasteiger partial charge in [0, 0.05) is 25.1 Å². The van der Waals surface area contributed by atoms with Crippen molar-refractivity contribution in [2.45, 2.75) is 59.3 Å². The lowest BCUT2D eigenvalue weighted by atomic mass is 10.0. The molecule has 0 bridgehead atoms. The summed E-state index contributed by atoms with van der Waals surface area (Å²) in [5.41, 5.74) is 6.84. The predicted octanol–water partition coefficient (Wildman–Crippen LogP) is 5.52. The van der Waals surface area contributed by atoms with Gasteiger partial charge in [-0.05, 0) is 31.4 Å². The molecule has 0 unspecified atom stereocenters. The highest BCUT2D eigenvalue weighted by atomic mass is 16.2. The summed E-state index contributed by atoms with van der Waals surface area (Å²) in [6.07, 6.45) is 5.99. The average Bonchev–Trinajstić information content (AvgIpc) is 3.13. The van der Waals surface area contributed by atoms with Gasteiger partial charge in [0.1, 0.15) is 0 Å². The summed E-state index contributed by atoms with van der Waals surface area (Å²) in [4.78, 5) is 20.6. The van der Waals surface area contributed by atoms with Crippen LogP contribution in [-0.2, 0) is 12.8 Å². The maximum absolute atomic E-state index is 12.6. The molecule has 4 nitrogen and oxygen atoms in total. The van der Waals surface area contributed by atoms with Crippen LogP contribution < -0.4 is 5.32 Å². The summed E-state index contributed by atoms with van der Waals surface area (Å²) in [7, 11) is 0. The molecule has 0 radical (unpaired) electrons. The molecule has 1 heterocycles. The SMILES string of the molecule is CCCCCCNC(=O)c1nc(Cc2ccc(C)cc2)c(Cc2ccc(C)cc2)[nH]1. The molecule has 0 saturated heterocycles. The molecular weight excluding hydrogens is 370 g/mol. The number of aromatic nitrogens is 2. The second-order valence-electron chi connectivity index (χ2n) is 8.15. The van der Waals surface area contributed by atoms with Gasteiger partial charge in [0.05, 0.1) is 5.69 Å². The number of imidazole rings is 1. The molecule has 2 N–H and O–H groups in total. The maximum Gasteiger partial charge on any atom is 0.287 e. The largest absolute Gasteiger partial charge is 0.349 e. The van der Waals surface area contributed by atoms with Crippen molar-refractivity contribution in [1.29, 1.82) is 0 Å². The number of carbonyl (C=O) groups is 1. The molecule has 4 heteroatoms. The highest BCUT2D eigenvalue weighted by molar-refractivity contribution is 5.90. The van der Waals surface area contributed by atoms with E-state index in [-0.39, 0.29) is 5.91 Å². The second kappa shape index (κ2) is 10.8. The number of aromatic amines is 1. The third kappa shape index (κ3) is 6.31. The number of benzene rings is 2. The normalized spacial score (nSPS) is 10.9. The Hall–Kier alpha value is -2.88. The van der Waals surface area contributed by atoms with Crippen molar-refractivity contribution in [1.82, 2.24) is 15.3 Å². The van der Waals surface area contributed by atoms with Crippen LogP contribution in [0.2, 0.25) is 0 Å². The van der Waals surface area contributed by atoms with E-state index in [1.165, 1.54) is 35.1 Å². The molecule has 30 heavy (non-hydrogen) atoms. The Morgan fingerprint density at radius 2 is 1.47 bits per heavy atom. The molecule has 1 amide bonds. The van der Waals surface area contributed by atoms with Crippen molar-refractivity contribution in [3.8, 4) is 0 Å². The Balaban J connectivity index is 1.76. The summed E-state index contributed by atoms with van der Waals surface area (Å²) >= 11 is 0. The molecule has 2 aromatic carbocycles. The zero-order valence-electron chi connectivity index (χ0n) is 18.4. The average molecular weight is 404 g/mol. The number of rotatable bonds is 10. The van der Waals surface area contributed by atoms with Crippen molar-refractivity contribution in [3.63, 3.8) is 0 Å². The van der Waals surface area contributed by atoms with E-state index in [0.29, 0.717) is 18.8 Å². The number of amides is 1. The van der Waals surface area contributed by atoms with E-state index in [2.05, 4.69) is 84.6 Å². The Labute approximate surface area is 180 Å². The van der Waals surface area contributed by atoms with Crippen molar-refractivity contribution in [3.05, 3.63) is 88.0 Å². The minimum atomic E-state index is -0.119. The lowest BCUT2D eigenvalue weighted by Crippen LogP contribution is -2.25. The van der Waals surface area contributed by atoms with Crippen LogP contribution in [0.3, 0.4) is 0 Å². The van der Waals surface area contributed by atoms with Gasteiger partial charge in [0.15, 0.2) is 5.82 Å². The Morgan fingerprint density at radius 3 is 2.07 bits per heavy atom. The molecule has 0 aliphatic carbocycles. The van der Waals surface area contributed by atoms with Gasteiger partial charge in [-0.25, -0.2) is 4.98 Å². The van der Waals surface area contributed by atoms with Gasteiger partial charge in [-0.15, -0.1) is 0 Å². The van der Waals surface area contributed by atoms with Crippen LogP contribution in [0.15, 0.2) is 48.5 Å². The smallest absolute Gasteiger partial charge is 0.287 e. The van der Waals surface area contributed by atoms with Gasteiger partial charge in [-0.2, -0.15) is 0 Å². The number of hydrogen-bond donors (Lipinski definition) is 2. The van der Waals surface area contributed by atoms with Crippen LogP contribution >= 0.6 is 0 Å². The summed E-state index contributed by atoms with van der Waals surface area (Å²) in [5.74, 6) is 0.293. The van der Waals surface area contributed by atoms with Crippen molar-refractivity contribution in [2.24, 2.45) is 0 Å². The molecule has 0 atom stereocenters. The molecule has 0 saturated carbocycles. The van der Waals surface area contributed by atoms with Crippen molar-refractivity contribution < 1.29 is 4.79 Å². The van der Waals surface area contributed by atoms with Crippen molar-refractivity contribution in [2.75, 3.05) is 6.54 Å². The standard InChI is InChI=1S/C26H33N3O/c1-4-5-6-7-16-27-26(30)25-28-23(17-21-12-8-19(2)9-13-21)24(29-25)18-22-14-10-20(3)11-15-22/h8-15H,4-7,16-18H2,1-3H3,(H,27,30)(H,28,29). The van der Waals surface area contributed by atoms with Gasteiger partial charge >= 0.3 is 0 Å². The number of H-pyrrole nitrogens is 1. The van der Waals surface area contributed by atoms with E-state index in [0.717, 1.165) is 30.7 Å². The zero-order chi connectivity index (χ0) is 21.3. The van der Waals surface area contributed by atoms with Crippen LogP contribution in [0.1, 0.15) is 76.9 Å². The lowest BCUT2D eigenvalue weighted by Gasteiger charge is -2.05. The second-order valence-corrected chi connectivity index (χ2v) is 8.15. The molecule has 0 spiro atoms. The monoisotopic (exact) mass is 403 g/mol. The molecule has 158 valence electrons. The van der Waals surface area contributed by atoms with Crippen LogP contribution in [-0.4, -0.2) is 22.4 Å². The summed E-state index contributed by atoms with van der Waals surface area (Å²) in [6.45, 7) is 7.06. The summed E-state index contributed by atoms with van der Waals surface area (Å²) in [5, 5.41) is 3.01. The summed E-state index contributed by atoms with van der Waals surface area (Å²) in [6, 6.07) is 17.0. The van der Waals surface area contributed by atoms with Crippen LogP contribution in [0, 0.1) is 13.8 Å². The number of nitrogens with one attached hydrogen (secondary N) is 2. The highest BCUT2D eigenvalue weighted by Gasteiger charge is 2.16. The summed E-state index contributed by atoms with van der Waals surface area (Å²) < 4.78 is 0. The third-order valence-corrected chi connectivity index (χ3v) is 5.39. The first-order chi connectivity index (χ1) is 14.5. The van der Waals surface area contributed by atoms with Crippen LogP contribution in [0.5, 0.6) is 0 Å². The fraction of sp³-hybridized carbons (Fsp3) is 0.385. The minimum absolute atomic E-state index is 0.119. The third-order valence-electron chi connectivity index (χ3n) is 5.39. The van der Waals surface area contributed by atoms with E-state index in [1.807, 2.05) is 0 Å². The first-order valence-corrected chi connectivity index (χ1v) is 11.0. The van der Waals surface area contributed by atoms with E-state index < -0.39 is 0 Å². The Morgan fingerprint density at radius 1 is 0.867 bits per heavy atom. The molecule has 0 fully saturated rings. The molecule has 3 aromatic rings. The van der Waals surface area contributed by atoms with Crippen molar-refractivity contribution >= 4 is 5.91 Å². The van der Waals surface area contributed by atoms with Crippen LogP contribution in [0.4, 0.5) is 0 Å². The number of unbranched alkanes of at least 4 members (excludes halogenated alkanes) is 3. The van der Waals surface area contributed by atoms with Gasteiger partial charge < -0.3 is 10.3 Å². The molecule has 3 rings (SSSR count). The Kier molecular flexibility index (Phi) is 7.83. The van der Waals surface area contributed by atoms with E-state index in [4.69, 9.17) is 0 Å². The maximum atomic E-state index is 12.6. The first kappa shape index (κ1) is 21.8. The highest BCUT2D eigenvalue weighted by Crippen LogP contribution is 2.18. The van der Waals surface area contributed by atoms with Gasteiger partial charge in [0.2, 0.25) is 0 Å². The van der Waals surface area contributed by atoms with Gasteiger partial charge in [-0.1, -0.05) is 85.8 Å². The van der Waals surface area contributed by atoms with Gasteiger partial charge in [-0.3, -0.25) is 4.79 Å². The zero-order valence-corrected chi connectivity index (χ0v) is 18.4. The molecular formula is C26H33N3O. The molecule has 0 aliphatic heterocycles. The minimum Gasteiger partial charge on any atom is -0.349 e. The lowest BCUT2D eigenvalue weighted by molar-refractivity contribution is 0.0943. The Bertz CT molecular complexity index is 874. The van der Waals surface area contributed by atoms with E-state index in [1.54, 1.807) is 0 Å².